The van der Waals surface area contributed by atoms with Crippen molar-refractivity contribution in [2.24, 2.45) is 23.5 Å². The van der Waals surface area contributed by atoms with Crippen molar-refractivity contribution in [1.29, 1.82) is 0 Å². The molecule has 100 valence electrons. The first-order valence-electron chi connectivity index (χ1n) is 7.53. The predicted octanol–water partition coefficient (Wildman–Crippen LogP) is 4.73. The Bertz CT molecular complexity index is 588. The number of fused-ring (bicyclic) bond motifs is 3. The first-order chi connectivity index (χ1) is 9.31. The molecule has 2 N–H and O–H groups in total. The van der Waals surface area contributed by atoms with Crippen molar-refractivity contribution in [2.45, 2.75) is 38.1 Å². The van der Waals surface area contributed by atoms with Gasteiger partial charge in [-0.3, -0.25) is 0 Å². The van der Waals surface area contributed by atoms with E-state index in [-0.39, 0.29) is 6.04 Å². The van der Waals surface area contributed by atoms with E-state index in [0.717, 1.165) is 17.8 Å². The van der Waals surface area contributed by atoms with E-state index in [9.17, 15) is 0 Å². The zero-order chi connectivity index (χ0) is 12.8. The van der Waals surface area contributed by atoms with E-state index in [2.05, 4.69) is 29.6 Å². The Morgan fingerprint density at radius 3 is 2.95 bits per heavy atom. The van der Waals surface area contributed by atoms with Crippen molar-refractivity contribution in [3.05, 3.63) is 35.2 Å². The Morgan fingerprint density at radius 2 is 2.16 bits per heavy atom. The van der Waals surface area contributed by atoms with Crippen LogP contribution in [0, 0.1) is 17.8 Å². The number of hydrogen-bond acceptors (Lipinski definition) is 2. The average molecular weight is 271 g/mol. The van der Waals surface area contributed by atoms with Crippen LogP contribution >= 0.6 is 11.3 Å². The molecule has 19 heavy (non-hydrogen) atoms. The Balaban J connectivity index is 1.57. The summed E-state index contributed by atoms with van der Waals surface area (Å²) in [7, 11) is 0. The summed E-state index contributed by atoms with van der Waals surface area (Å²) in [5, 5.41) is 3.53. The number of benzene rings is 1. The van der Waals surface area contributed by atoms with Crippen LogP contribution in [0.25, 0.3) is 10.1 Å². The lowest BCUT2D eigenvalue weighted by molar-refractivity contribution is 0.296. The van der Waals surface area contributed by atoms with Gasteiger partial charge in [0, 0.05) is 10.7 Å². The molecule has 0 radical (unpaired) electrons. The van der Waals surface area contributed by atoms with Gasteiger partial charge in [-0.1, -0.05) is 24.6 Å². The van der Waals surface area contributed by atoms with Crippen molar-refractivity contribution < 1.29 is 0 Å². The maximum Gasteiger partial charge on any atom is 0.0390 e. The quantitative estimate of drug-likeness (QED) is 0.858. The molecular weight excluding hydrogens is 250 g/mol. The smallest absolute Gasteiger partial charge is 0.0390 e. The fourth-order valence-corrected chi connectivity index (χ4v) is 5.40. The van der Waals surface area contributed by atoms with Crippen molar-refractivity contribution in [1.82, 2.24) is 0 Å². The zero-order valence-electron chi connectivity index (χ0n) is 11.2. The molecule has 2 aliphatic rings. The molecule has 1 aromatic heterocycles. The van der Waals surface area contributed by atoms with E-state index in [1.807, 2.05) is 11.3 Å². The molecule has 0 aliphatic heterocycles. The molecule has 2 aromatic rings. The molecule has 4 atom stereocenters. The van der Waals surface area contributed by atoms with Gasteiger partial charge in [0.2, 0.25) is 0 Å². The molecule has 4 rings (SSSR count). The first-order valence-corrected chi connectivity index (χ1v) is 8.41. The summed E-state index contributed by atoms with van der Waals surface area (Å²) in [5.74, 6) is 2.90. The van der Waals surface area contributed by atoms with Gasteiger partial charge in [0.1, 0.15) is 0 Å². The zero-order valence-corrected chi connectivity index (χ0v) is 12.0. The van der Waals surface area contributed by atoms with Crippen LogP contribution in [-0.2, 0) is 0 Å². The lowest BCUT2D eigenvalue weighted by Gasteiger charge is -2.25. The van der Waals surface area contributed by atoms with E-state index in [1.165, 1.54) is 47.8 Å². The number of rotatable bonds is 3. The largest absolute Gasteiger partial charge is 0.324 e. The van der Waals surface area contributed by atoms with Gasteiger partial charge < -0.3 is 5.73 Å². The van der Waals surface area contributed by atoms with Crippen LogP contribution in [0.2, 0.25) is 0 Å². The molecule has 1 aromatic carbocycles. The lowest BCUT2D eigenvalue weighted by atomic mass is 9.83. The van der Waals surface area contributed by atoms with Crippen LogP contribution < -0.4 is 5.73 Å². The van der Waals surface area contributed by atoms with Crippen LogP contribution in [-0.4, -0.2) is 0 Å². The third-order valence-electron chi connectivity index (χ3n) is 5.35. The third-order valence-corrected chi connectivity index (χ3v) is 6.33. The lowest BCUT2D eigenvalue weighted by Crippen LogP contribution is -2.19. The number of nitrogens with two attached hydrogens (primary N) is 1. The normalized spacial score (nSPS) is 31.1. The molecule has 0 saturated heterocycles. The monoisotopic (exact) mass is 271 g/mol. The molecule has 4 unspecified atom stereocenters. The van der Waals surface area contributed by atoms with Gasteiger partial charge in [-0.25, -0.2) is 0 Å². The minimum absolute atomic E-state index is 0.228. The second kappa shape index (κ2) is 4.60. The summed E-state index contributed by atoms with van der Waals surface area (Å²) in [4.78, 5) is 0. The first kappa shape index (κ1) is 11.9. The van der Waals surface area contributed by atoms with Gasteiger partial charge in [0.05, 0.1) is 0 Å². The van der Waals surface area contributed by atoms with E-state index in [0.29, 0.717) is 0 Å². The Kier molecular flexibility index (Phi) is 2.89. The van der Waals surface area contributed by atoms with Crippen molar-refractivity contribution in [3.8, 4) is 0 Å². The summed E-state index contributed by atoms with van der Waals surface area (Å²) >= 11 is 1.84. The second-order valence-electron chi connectivity index (χ2n) is 6.46. The Morgan fingerprint density at radius 1 is 1.21 bits per heavy atom. The van der Waals surface area contributed by atoms with Crippen molar-refractivity contribution in [3.63, 3.8) is 0 Å². The fourth-order valence-electron chi connectivity index (χ4n) is 4.43. The topological polar surface area (TPSA) is 26.0 Å². The number of hydrogen-bond donors (Lipinski definition) is 1. The highest BCUT2D eigenvalue weighted by atomic mass is 32.1. The molecular formula is C17H21NS. The molecule has 2 bridgehead atoms. The molecule has 2 heteroatoms. The summed E-state index contributed by atoms with van der Waals surface area (Å²) in [6, 6.07) is 9.02. The van der Waals surface area contributed by atoms with Crippen molar-refractivity contribution >= 4 is 21.4 Å². The molecule has 2 saturated carbocycles. The molecule has 0 spiro atoms. The van der Waals surface area contributed by atoms with E-state index >= 15 is 0 Å². The van der Waals surface area contributed by atoms with Crippen LogP contribution in [0.4, 0.5) is 0 Å². The van der Waals surface area contributed by atoms with Gasteiger partial charge in [-0.05, 0) is 65.8 Å². The van der Waals surface area contributed by atoms with Crippen molar-refractivity contribution in [2.75, 3.05) is 0 Å². The predicted molar refractivity (Wildman–Crippen MR) is 82.3 cm³/mol. The standard InChI is InChI=1S/C17H21NS/c18-16(10-14-9-11-4-5-13(14)8-11)15-3-1-2-12-6-7-19-17(12)15/h1-3,6-7,11,13-14,16H,4-5,8-10,18H2. The maximum absolute atomic E-state index is 6.54. The Hall–Kier alpha value is -0.860. The van der Waals surface area contributed by atoms with Crippen LogP contribution in [0.15, 0.2) is 29.6 Å². The van der Waals surface area contributed by atoms with Gasteiger partial charge in [-0.15, -0.1) is 11.3 Å². The third kappa shape index (κ3) is 2.02. The minimum atomic E-state index is 0.228. The van der Waals surface area contributed by atoms with Crippen LogP contribution in [0.3, 0.4) is 0 Å². The summed E-state index contributed by atoms with van der Waals surface area (Å²) in [6.07, 6.45) is 7.07. The molecule has 2 fully saturated rings. The Labute approximate surface area is 118 Å². The highest BCUT2D eigenvalue weighted by Crippen LogP contribution is 2.51. The molecule has 0 amide bonds. The molecule has 2 aliphatic carbocycles. The highest BCUT2D eigenvalue weighted by Gasteiger charge is 2.39. The highest BCUT2D eigenvalue weighted by molar-refractivity contribution is 7.17. The van der Waals surface area contributed by atoms with E-state index in [4.69, 9.17) is 5.73 Å². The van der Waals surface area contributed by atoms with Crippen LogP contribution in [0.5, 0.6) is 0 Å². The summed E-state index contributed by atoms with van der Waals surface area (Å²) < 4.78 is 1.40. The van der Waals surface area contributed by atoms with E-state index in [1.54, 1.807) is 0 Å². The van der Waals surface area contributed by atoms with Gasteiger partial charge in [-0.2, -0.15) is 0 Å². The second-order valence-corrected chi connectivity index (χ2v) is 7.38. The van der Waals surface area contributed by atoms with Crippen LogP contribution in [0.1, 0.15) is 43.7 Å². The number of thiophene rings is 1. The SMILES string of the molecule is NC(CC1CC2CCC1C2)c1cccc2ccsc12. The van der Waals surface area contributed by atoms with Gasteiger partial charge in [0.25, 0.3) is 0 Å². The summed E-state index contributed by atoms with van der Waals surface area (Å²) in [5.41, 5.74) is 7.91. The summed E-state index contributed by atoms with van der Waals surface area (Å²) in [6.45, 7) is 0. The average Bonchev–Trinajstić information content (AvgIpc) is 3.13. The van der Waals surface area contributed by atoms with E-state index < -0.39 is 0 Å². The minimum Gasteiger partial charge on any atom is -0.324 e. The van der Waals surface area contributed by atoms with Gasteiger partial charge in [0.15, 0.2) is 0 Å². The molecule has 1 heterocycles. The molecule has 1 nitrogen and oxygen atoms in total. The van der Waals surface area contributed by atoms with Gasteiger partial charge >= 0.3 is 0 Å². The maximum atomic E-state index is 6.54. The fraction of sp³-hybridized carbons (Fsp3) is 0.529.